The molecule has 90 valence electrons. The summed E-state index contributed by atoms with van der Waals surface area (Å²) in [5.74, 6) is 0.0201. The average Bonchev–Trinajstić information content (AvgIpc) is 2.55. The van der Waals surface area contributed by atoms with E-state index in [0.29, 0.717) is 16.3 Å². The van der Waals surface area contributed by atoms with Crippen LogP contribution in [0, 0.1) is 0 Å². The average molecular weight is 243 g/mol. The molecule has 5 nitrogen and oxygen atoms in total. The Bertz CT molecular complexity index is 390. The molecule has 0 saturated carbocycles. The molecule has 0 saturated heterocycles. The Morgan fingerprint density at radius 2 is 2.19 bits per heavy atom. The van der Waals surface area contributed by atoms with Crippen LogP contribution in [-0.4, -0.2) is 26.6 Å². The van der Waals surface area contributed by atoms with Gasteiger partial charge >= 0.3 is 0 Å². The molecule has 0 aliphatic carbocycles. The number of hydrogen-bond acceptors (Lipinski definition) is 5. The van der Waals surface area contributed by atoms with Crippen molar-refractivity contribution in [1.82, 2.24) is 0 Å². The fourth-order valence-electron chi connectivity index (χ4n) is 1.48. The number of rotatable bonds is 5. The minimum atomic E-state index is -0.517. The second kappa shape index (κ2) is 5.07. The van der Waals surface area contributed by atoms with Gasteiger partial charge in [-0.1, -0.05) is 6.92 Å². The highest BCUT2D eigenvalue weighted by Crippen LogP contribution is 2.43. The van der Waals surface area contributed by atoms with E-state index in [-0.39, 0.29) is 0 Å². The second-order valence-electron chi connectivity index (χ2n) is 3.47. The summed E-state index contributed by atoms with van der Waals surface area (Å²) < 4.78 is 5.21. The highest BCUT2D eigenvalue weighted by Gasteiger charge is 2.22. The lowest BCUT2D eigenvalue weighted by atomic mass is 10.3. The van der Waals surface area contributed by atoms with Crippen molar-refractivity contribution in [3.63, 3.8) is 0 Å². The van der Waals surface area contributed by atoms with Crippen LogP contribution in [0.25, 0.3) is 0 Å². The highest BCUT2D eigenvalue weighted by atomic mass is 32.1. The van der Waals surface area contributed by atoms with E-state index in [9.17, 15) is 4.79 Å². The van der Waals surface area contributed by atoms with Gasteiger partial charge in [0.1, 0.15) is 15.6 Å². The van der Waals surface area contributed by atoms with E-state index in [4.69, 9.17) is 16.2 Å². The van der Waals surface area contributed by atoms with Gasteiger partial charge in [-0.3, -0.25) is 4.79 Å². The first-order chi connectivity index (χ1) is 7.52. The molecule has 1 amide bonds. The third-order valence-corrected chi connectivity index (χ3v) is 3.53. The molecular formula is C10H17N3O2S. The van der Waals surface area contributed by atoms with E-state index < -0.39 is 5.91 Å². The number of anilines is 2. The summed E-state index contributed by atoms with van der Waals surface area (Å²) in [4.78, 5) is 13.5. The Morgan fingerprint density at radius 1 is 1.56 bits per heavy atom. The topological polar surface area (TPSA) is 81.6 Å². The number of methoxy groups -OCH3 is 1. The molecule has 0 aliphatic rings. The Labute approximate surface area is 99.0 Å². The predicted molar refractivity (Wildman–Crippen MR) is 67.4 cm³/mol. The summed E-state index contributed by atoms with van der Waals surface area (Å²) in [5, 5.41) is 0.843. The molecule has 0 unspecified atom stereocenters. The van der Waals surface area contributed by atoms with Crippen LogP contribution in [0.4, 0.5) is 10.7 Å². The van der Waals surface area contributed by atoms with Crippen LogP contribution in [0.15, 0.2) is 0 Å². The zero-order valence-corrected chi connectivity index (χ0v) is 10.6. The number of primary amides is 1. The summed E-state index contributed by atoms with van der Waals surface area (Å²) >= 11 is 1.27. The smallest absolute Gasteiger partial charge is 0.261 e. The van der Waals surface area contributed by atoms with Crippen LogP contribution in [-0.2, 0) is 0 Å². The quantitative estimate of drug-likeness (QED) is 0.816. The highest BCUT2D eigenvalue weighted by molar-refractivity contribution is 7.19. The van der Waals surface area contributed by atoms with Gasteiger partial charge in [0.15, 0.2) is 5.75 Å². The van der Waals surface area contributed by atoms with E-state index in [0.717, 1.165) is 18.0 Å². The Balaban J connectivity index is 3.18. The Hall–Kier alpha value is -1.43. The number of carbonyl (C=O) groups excluding carboxylic acids is 1. The van der Waals surface area contributed by atoms with Crippen LogP contribution >= 0.6 is 11.3 Å². The van der Waals surface area contributed by atoms with Gasteiger partial charge < -0.3 is 21.1 Å². The van der Waals surface area contributed by atoms with Gasteiger partial charge in [0.25, 0.3) is 5.91 Å². The van der Waals surface area contributed by atoms with Crippen molar-refractivity contribution in [3.05, 3.63) is 4.88 Å². The first-order valence-corrected chi connectivity index (χ1v) is 5.81. The van der Waals surface area contributed by atoms with Crippen molar-refractivity contribution in [2.45, 2.75) is 13.3 Å². The SMILES string of the molecule is CCCN(C)c1sc(C(N)=O)c(N)c1OC. The minimum Gasteiger partial charge on any atom is -0.492 e. The van der Waals surface area contributed by atoms with E-state index in [1.807, 2.05) is 11.9 Å². The number of amides is 1. The number of thiophene rings is 1. The number of ether oxygens (including phenoxy) is 1. The molecule has 1 heterocycles. The zero-order chi connectivity index (χ0) is 12.3. The third kappa shape index (κ3) is 2.21. The molecule has 0 radical (unpaired) electrons. The third-order valence-electron chi connectivity index (χ3n) is 2.22. The maximum atomic E-state index is 11.2. The summed E-state index contributed by atoms with van der Waals surface area (Å²) in [6.07, 6.45) is 1.00. The monoisotopic (exact) mass is 243 g/mol. The summed E-state index contributed by atoms with van der Waals surface area (Å²) in [6.45, 7) is 2.95. The lowest BCUT2D eigenvalue weighted by molar-refractivity contribution is 0.100. The van der Waals surface area contributed by atoms with E-state index in [1.165, 1.54) is 18.4 Å². The molecule has 0 bridgehead atoms. The maximum Gasteiger partial charge on any atom is 0.261 e. The Kier molecular flexibility index (Phi) is 4.00. The maximum absolute atomic E-state index is 11.2. The van der Waals surface area contributed by atoms with Crippen LogP contribution in [0.5, 0.6) is 5.75 Å². The van der Waals surface area contributed by atoms with Gasteiger partial charge in [0, 0.05) is 13.6 Å². The van der Waals surface area contributed by atoms with Crippen molar-refractivity contribution in [3.8, 4) is 5.75 Å². The molecular weight excluding hydrogens is 226 g/mol. The lowest BCUT2D eigenvalue weighted by Gasteiger charge is -2.17. The molecule has 6 heteroatoms. The van der Waals surface area contributed by atoms with E-state index >= 15 is 0 Å². The van der Waals surface area contributed by atoms with E-state index in [2.05, 4.69) is 6.92 Å². The van der Waals surface area contributed by atoms with Crippen molar-refractivity contribution in [2.24, 2.45) is 5.73 Å². The van der Waals surface area contributed by atoms with Crippen molar-refractivity contribution < 1.29 is 9.53 Å². The molecule has 0 atom stereocenters. The molecule has 0 fully saturated rings. The van der Waals surface area contributed by atoms with Gasteiger partial charge in [-0.05, 0) is 6.42 Å². The summed E-state index contributed by atoms with van der Waals surface area (Å²) in [5.41, 5.74) is 11.4. The number of nitrogens with two attached hydrogens (primary N) is 2. The number of carbonyl (C=O) groups is 1. The first kappa shape index (κ1) is 12.6. The standard InChI is InChI=1S/C10H17N3O2S/c1-4-5-13(2)10-7(15-3)6(11)8(16-10)9(12)14/h4-5,11H2,1-3H3,(H2,12,14). The predicted octanol–water partition coefficient (Wildman–Crippen LogP) is 1.28. The van der Waals surface area contributed by atoms with Crippen LogP contribution in [0.2, 0.25) is 0 Å². The van der Waals surface area contributed by atoms with Crippen molar-refractivity contribution in [2.75, 3.05) is 31.3 Å². The van der Waals surface area contributed by atoms with Gasteiger partial charge in [0.05, 0.1) is 7.11 Å². The molecule has 0 aliphatic heterocycles. The molecule has 1 aromatic rings. The van der Waals surface area contributed by atoms with Crippen molar-refractivity contribution >= 4 is 27.9 Å². The molecule has 0 aromatic carbocycles. The van der Waals surface area contributed by atoms with Crippen LogP contribution in [0.1, 0.15) is 23.0 Å². The molecule has 16 heavy (non-hydrogen) atoms. The van der Waals surface area contributed by atoms with E-state index in [1.54, 1.807) is 0 Å². The molecule has 1 aromatic heterocycles. The first-order valence-electron chi connectivity index (χ1n) is 5.00. The van der Waals surface area contributed by atoms with Crippen LogP contribution < -0.4 is 21.1 Å². The fraction of sp³-hybridized carbons (Fsp3) is 0.500. The fourth-order valence-corrected chi connectivity index (χ4v) is 2.51. The van der Waals surface area contributed by atoms with Crippen LogP contribution in [0.3, 0.4) is 0 Å². The van der Waals surface area contributed by atoms with Crippen molar-refractivity contribution in [1.29, 1.82) is 0 Å². The zero-order valence-electron chi connectivity index (χ0n) is 9.74. The van der Waals surface area contributed by atoms with Gasteiger partial charge in [0.2, 0.25) is 0 Å². The summed E-state index contributed by atoms with van der Waals surface area (Å²) in [6, 6.07) is 0. The Morgan fingerprint density at radius 3 is 2.62 bits per heavy atom. The van der Waals surface area contributed by atoms with Gasteiger partial charge in [-0.2, -0.15) is 0 Å². The number of nitrogens with zero attached hydrogens (tertiary/aromatic N) is 1. The lowest BCUT2D eigenvalue weighted by Crippen LogP contribution is -2.17. The van der Waals surface area contributed by atoms with Gasteiger partial charge in [-0.15, -0.1) is 11.3 Å². The minimum absolute atomic E-state index is 0.331. The normalized spacial score (nSPS) is 10.2. The largest absolute Gasteiger partial charge is 0.492 e. The summed E-state index contributed by atoms with van der Waals surface area (Å²) in [7, 11) is 3.47. The van der Waals surface area contributed by atoms with Gasteiger partial charge in [-0.25, -0.2) is 0 Å². The molecule has 0 spiro atoms. The number of nitrogen functional groups attached to an aromatic ring is 1. The number of hydrogen-bond donors (Lipinski definition) is 2. The second-order valence-corrected chi connectivity index (χ2v) is 4.47. The molecule has 4 N–H and O–H groups in total. The molecule has 1 rings (SSSR count).